The molecule has 2 heterocycles. The molecule has 1 aromatic heterocycles. The second-order valence-electron chi connectivity index (χ2n) is 3.86. The highest BCUT2D eigenvalue weighted by Gasteiger charge is 2.23. The Bertz CT molecular complexity index is 464. The lowest BCUT2D eigenvalue weighted by atomic mass is 10.2. The highest BCUT2D eigenvalue weighted by molar-refractivity contribution is 6.29. The average Bonchev–Trinajstić information content (AvgIpc) is 2.41. The molecule has 0 spiro atoms. The van der Waals surface area contributed by atoms with Crippen molar-refractivity contribution < 1.29 is 13.9 Å². The largest absolute Gasteiger partial charge is 0.480 e. The number of nitrogens with one attached hydrogen (secondary N) is 1. The van der Waals surface area contributed by atoms with Gasteiger partial charge >= 0.3 is 0 Å². The predicted molar refractivity (Wildman–Crippen MR) is 64.5 cm³/mol. The normalized spacial score (nSPS) is 15.6. The molecule has 7 heteroatoms. The first-order valence-electron chi connectivity index (χ1n) is 5.53. The minimum Gasteiger partial charge on any atom is -0.480 e. The molecule has 5 nitrogen and oxygen atoms in total. The Balaban J connectivity index is 2.31. The zero-order valence-corrected chi connectivity index (χ0v) is 10.6. The quantitative estimate of drug-likeness (QED) is 0.815. The van der Waals surface area contributed by atoms with Gasteiger partial charge in [0.2, 0.25) is 5.88 Å². The van der Waals surface area contributed by atoms with E-state index in [9.17, 15) is 9.18 Å². The van der Waals surface area contributed by atoms with E-state index in [1.54, 1.807) is 4.90 Å². The number of aromatic nitrogens is 1. The number of pyridine rings is 1. The Morgan fingerprint density at radius 1 is 1.56 bits per heavy atom. The fourth-order valence-corrected chi connectivity index (χ4v) is 1.93. The molecule has 1 amide bonds. The van der Waals surface area contributed by atoms with Crippen molar-refractivity contribution in [3.8, 4) is 5.88 Å². The first-order chi connectivity index (χ1) is 8.63. The van der Waals surface area contributed by atoms with Crippen LogP contribution >= 0.6 is 11.6 Å². The van der Waals surface area contributed by atoms with Gasteiger partial charge in [-0.2, -0.15) is 4.98 Å². The molecule has 0 saturated carbocycles. The predicted octanol–water partition coefficient (Wildman–Crippen LogP) is 0.928. The highest BCUT2D eigenvalue weighted by atomic mass is 35.5. The van der Waals surface area contributed by atoms with E-state index in [-0.39, 0.29) is 22.5 Å². The molecule has 2 rings (SSSR count). The Morgan fingerprint density at radius 2 is 2.22 bits per heavy atom. The van der Waals surface area contributed by atoms with Crippen LogP contribution in [0, 0.1) is 5.82 Å². The molecule has 1 saturated heterocycles. The van der Waals surface area contributed by atoms with Gasteiger partial charge < -0.3 is 15.0 Å². The first kappa shape index (κ1) is 13.0. The summed E-state index contributed by atoms with van der Waals surface area (Å²) in [7, 11) is 1.37. The van der Waals surface area contributed by atoms with E-state index in [0.29, 0.717) is 13.1 Å². The summed E-state index contributed by atoms with van der Waals surface area (Å²) < 4.78 is 18.4. The zero-order valence-electron chi connectivity index (χ0n) is 9.87. The van der Waals surface area contributed by atoms with Crippen LogP contribution in [0.5, 0.6) is 5.88 Å². The molecule has 18 heavy (non-hydrogen) atoms. The van der Waals surface area contributed by atoms with E-state index >= 15 is 0 Å². The molecule has 1 aliphatic heterocycles. The van der Waals surface area contributed by atoms with E-state index in [1.807, 2.05) is 0 Å². The van der Waals surface area contributed by atoms with Crippen LogP contribution in [0.15, 0.2) is 6.07 Å². The number of carbonyl (C=O) groups excluding carboxylic acids is 1. The summed E-state index contributed by atoms with van der Waals surface area (Å²) in [6.07, 6.45) is 0. The molecule has 0 bridgehead atoms. The fraction of sp³-hybridized carbons (Fsp3) is 0.455. The minimum absolute atomic E-state index is 0.0462. The third kappa shape index (κ3) is 2.54. The van der Waals surface area contributed by atoms with Gasteiger partial charge in [0.15, 0.2) is 11.0 Å². The summed E-state index contributed by atoms with van der Waals surface area (Å²) in [5, 5.41) is 2.83. The van der Waals surface area contributed by atoms with Crippen LogP contribution in [-0.2, 0) is 0 Å². The lowest BCUT2D eigenvalue weighted by Gasteiger charge is -2.27. The standard InChI is InChI=1S/C11H13ClFN3O2/c1-18-10-7(6-8(13)9(12)15-10)11(17)16-4-2-14-3-5-16/h6,14H,2-5H2,1H3. The Hall–Kier alpha value is -1.40. The van der Waals surface area contributed by atoms with Gasteiger partial charge in [-0.3, -0.25) is 4.79 Å². The summed E-state index contributed by atoms with van der Waals surface area (Å²) in [6, 6.07) is 1.07. The van der Waals surface area contributed by atoms with Crippen molar-refractivity contribution in [2.45, 2.75) is 0 Å². The van der Waals surface area contributed by atoms with Crippen LogP contribution in [0.2, 0.25) is 5.15 Å². The van der Waals surface area contributed by atoms with Gasteiger partial charge in [-0.1, -0.05) is 11.6 Å². The second-order valence-corrected chi connectivity index (χ2v) is 4.22. The van der Waals surface area contributed by atoms with Crippen molar-refractivity contribution in [1.82, 2.24) is 15.2 Å². The van der Waals surface area contributed by atoms with Gasteiger partial charge in [0.1, 0.15) is 5.56 Å². The zero-order chi connectivity index (χ0) is 13.1. The number of amides is 1. The van der Waals surface area contributed by atoms with Crippen molar-refractivity contribution in [3.63, 3.8) is 0 Å². The number of nitrogens with zero attached hydrogens (tertiary/aromatic N) is 2. The maximum Gasteiger partial charge on any atom is 0.259 e. The summed E-state index contributed by atoms with van der Waals surface area (Å²) in [6.45, 7) is 2.59. The van der Waals surface area contributed by atoms with Gasteiger partial charge in [0, 0.05) is 26.2 Å². The number of ether oxygens (including phenoxy) is 1. The summed E-state index contributed by atoms with van der Waals surface area (Å²) in [5.74, 6) is -0.975. The molecule has 0 aliphatic carbocycles. The molecule has 0 atom stereocenters. The van der Waals surface area contributed by atoms with Crippen molar-refractivity contribution >= 4 is 17.5 Å². The number of halogens is 2. The summed E-state index contributed by atoms with van der Waals surface area (Å²) in [4.78, 5) is 17.6. The molecule has 1 fully saturated rings. The smallest absolute Gasteiger partial charge is 0.259 e. The molecule has 1 N–H and O–H groups in total. The van der Waals surface area contributed by atoms with Crippen LogP contribution < -0.4 is 10.1 Å². The van der Waals surface area contributed by atoms with Crippen molar-refractivity contribution in [2.75, 3.05) is 33.3 Å². The van der Waals surface area contributed by atoms with Gasteiger partial charge in [-0.25, -0.2) is 4.39 Å². The Labute approximate surface area is 109 Å². The number of methoxy groups -OCH3 is 1. The number of hydrogen-bond acceptors (Lipinski definition) is 4. The molecule has 0 aromatic carbocycles. The van der Waals surface area contributed by atoms with Crippen LogP contribution in [0.1, 0.15) is 10.4 Å². The van der Waals surface area contributed by atoms with Crippen molar-refractivity contribution in [2.24, 2.45) is 0 Å². The third-order valence-electron chi connectivity index (χ3n) is 2.73. The molecule has 98 valence electrons. The molecular weight excluding hydrogens is 261 g/mol. The minimum atomic E-state index is -0.726. The first-order valence-corrected chi connectivity index (χ1v) is 5.91. The lowest BCUT2D eigenvalue weighted by molar-refractivity contribution is 0.0731. The van der Waals surface area contributed by atoms with E-state index in [2.05, 4.69) is 10.3 Å². The Kier molecular flexibility index (Phi) is 3.98. The number of carbonyl (C=O) groups is 1. The molecule has 1 aliphatic rings. The van der Waals surface area contributed by atoms with E-state index in [0.717, 1.165) is 19.2 Å². The van der Waals surface area contributed by atoms with Gasteiger partial charge in [0.05, 0.1) is 7.11 Å². The van der Waals surface area contributed by atoms with E-state index < -0.39 is 5.82 Å². The lowest BCUT2D eigenvalue weighted by Crippen LogP contribution is -2.46. The van der Waals surface area contributed by atoms with Crippen LogP contribution in [0.4, 0.5) is 4.39 Å². The number of rotatable bonds is 2. The second kappa shape index (κ2) is 5.49. The summed E-state index contributed by atoms with van der Waals surface area (Å²) >= 11 is 5.55. The molecular formula is C11H13ClFN3O2. The van der Waals surface area contributed by atoms with Crippen LogP contribution in [0.3, 0.4) is 0 Å². The highest BCUT2D eigenvalue weighted by Crippen LogP contribution is 2.23. The van der Waals surface area contributed by atoms with Gasteiger partial charge in [-0.05, 0) is 6.07 Å². The summed E-state index contributed by atoms with van der Waals surface area (Å²) in [5.41, 5.74) is 0.0984. The van der Waals surface area contributed by atoms with E-state index in [1.165, 1.54) is 7.11 Å². The van der Waals surface area contributed by atoms with Gasteiger partial charge in [-0.15, -0.1) is 0 Å². The van der Waals surface area contributed by atoms with Gasteiger partial charge in [0.25, 0.3) is 5.91 Å². The molecule has 0 unspecified atom stereocenters. The van der Waals surface area contributed by atoms with E-state index in [4.69, 9.17) is 16.3 Å². The fourth-order valence-electron chi connectivity index (χ4n) is 1.80. The Morgan fingerprint density at radius 3 is 2.83 bits per heavy atom. The number of piperazine rings is 1. The van der Waals surface area contributed by atoms with Crippen LogP contribution in [0.25, 0.3) is 0 Å². The SMILES string of the molecule is COc1nc(Cl)c(F)cc1C(=O)N1CCNCC1. The maximum absolute atomic E-state index is 13.4. The monoisotopic (exact) mass is 273 g/mol. The molecule has 1 aromatic rings. The van der Waals surface area contributed by atoms with Crippen molar-refractivity contribution in [1.29, 1.82) is 0 Å². The number of hydrogen-bond donors (Lipinski definition) is 1. The maximum atomic E-state index is 13.4. The van der Waals surface area contributed by atoms with Crippen molar-refractivity contribution in [3.05, 3.63) is 22.6 Å². The topological polar surface area (TPSA) is 54.5 Å². The third-order valence-corrected chi connectivity index (χ3v) is 2.99. The van der Waals surface area contributed by atoms with Crippen LogP contribution in [-0.4, -0.2) is 49.1 Å². The average molecular weight is 274 g/mol. The molecule has 0 radical (unpaired) electrons.